The Balaban J connectivity index is 1.85. The zero-order valence-corrected chi connectivity index (χ0v) is 13.5. The lowest BCUT2D eigenvalue weighted by atomic mass is 9.96. The van der Waals surface area contributed by atoms with E-state index in [4.69, 9.17) is 28.9 Å². The van der Waals surface area contributed by atoms with Crippen LogP contribution in [0.25, 0.3) is 0 Å². The predicted molar refractivity (Wildman–Crippen MR) is 87.7 cm³/mol. The van der Waals surface area contributed by atoms with Crippen LogP contribution in [0.5, 0.6) is 0 Å². The van der Waals surface area contributed by atoms with E-state index in [-0.39, 0.29) is 6.04 Å². The van der Waals surface area contributed by atoms with Crippen LogP contribution in [0, 0.1) is 0 Å². The quantitative estimate of drug-likeness (QED) is 0.806. The number of fused-ring (bicyclic) bond motifs is 1. The number of anilines is 1. The minimum Gasteiger partial charge on any atom is -0.398 e. The third-order valence-electron chi connectivity index (χ3n) is 4.01. The zero-order valence-electron chi connectivity index (χ0n) is 11.2. The number of nitrogens with two attached hydrogens (primary N) is 1. The van der Waals surface area contributed by atoms with E-state index < -0.39 is 0 Å². The lowest BCUT2D eigenvalue weighted by molar-refractivity contribution is 0.193. The van der Waals surface area contributed by atoms with Crippen LogP contribution in [0.1, 0.15) is 29.7 Å². The van der Waals surface area contributed by atoms with Crippen LogP contribution in [0.3, 0.4) is 0 Å². The maximum Gasteiger partial charge on any atom is 0.0991 e. The van der Waals surface area contributed by atoms with Crippen molar-refractivity contribution in [1.82, 2.24) is 4.90 Å². The summed E-state index contributed by atoms with van der Waals surface area (Å²) in [6, 6.07) is 8.41. The van der Waals surface area contributed by atoms with Gasteiger partial charge in [-0.05, 0) is 36.6 Å². The standard InChI is InChI=1S/C15H16Cl2N2S/c1-9(12-7-14(16)20-15(12)17)19-6-5-11-10(8-19)3-2-4-13(11)18/h2-4,7,9H,5-6,8,18H2,1H3. The minimum atomic E-state index is 0.265. The summed E-state index contributed by atoms with van der Waals surface area (Å²) < 4.78 is 1.54. The highest BCUT2D eigenvalue weighted by molar-refractivity contribution is 7.20. The van der Waals surface area contributed by atoms with Gasteiger partial charge in [0.2, 0.25) is 0 Å². The van der Waals surface area contributed by atoms with Gasteiger partial charge in [0, 0.05) is 30.4 Å². The first kappa shape index (κ1) is 14.2. The molecule has 0 saturated heterocycles. The molecule has 2 nitrogen and oxygen atoms in total. The summed E-state index contributed by atoms with van der Waals surface area (Å²) in [5, 5.41) is 0. The molecule has 2 N–H and O–H groups in total. The van der Waals surface area contributed by atoms with Gasteiger partial charge in [0.15, 0.2) is 0 Å². The second-order valence-corrected chi connectivity index (χ2v) is 7.45. The first-order valence-corrected chi connectivity index (χ1v) is 8.18. The fourth-order valence-corrected chi connectivity index (χ4v) is 4.46. The smallest absolute Gasteiger partial charge is 0.0991 e. The van der Waals surface area contributed by atoms with Gasteiger partial charge >= 0.3 is 0 Å². The largest absolute Gasteiger partial charge is 0.398 e. The first-order valence-electron chi connectivity index (χ1n) is 6.61. The summed E-state index contributed by atoms with van der Waals surface area (Å²) in [5.74, 6) is 0. The monoisotopic (exact) mass is 326 g/mol. The van der Waals surface area contributed by atoms with Gasteiger partial charge in [0.25, 0.3) is 0 Å². The van der Waals surface area contributed by atoms with E-state index in [9.17, 15) is 0 Å². The molecule has 1 aliphatic rings. The fraction of sp³-hybridized carbons (Fsp3) is 0.333. The second kappa shape index (κ2) is 5.57. The van der Waals surface area contributed by atoms with Crippen LogP contribution in [0.4, 0.5) is 5.69 Å². The molecule has 0 amide bonds. The van der Waals surface area contributed by atoms with E-state index in [1.54, 1.807) is 0 Å². The van der Waals surface area contributed by atoms with E-state index in [1.165, 1.54) is 22.5 Å². The number of nitrogen functional groups attached to an aromatic ring is 1. The molecule has 0 bridgehead atoms. The van der Waals surface area contributed by atoms with Crippen LogP contribution in [0.2, 0.25) is 8.67 Å². The van der Waals surface area contributed by atoms with Gasteiger partial charge in [-0.2, -0.15) is 0 Å². The lowest BCUT2D eigenvalue weighted by Crippen LogP contribution is -2.33. The third-order valence-corrected chi connectivity index (χ3v) is 5.53. The van der Waals surface area contributed by atoms with Crippen molar-refractivity contribution in [3.05, 3.63) is 49.6 Å². The van der Waals surface area contributed by atoms with Gasteiger partial charge < -0.3 is 5.73 Å². The van der Waals surface area contributed by atoms with Crippen molar-refractivity contribution in [2.24, 2.45) is 0 Å². The SMILES string of the molecule is CC(c1cc(Cl)sc1Cl)N1CCc2c(N)cccc2C1. The molecule has 106 valence electrons. The molecule has 20 heavy (non-hydrogen) atoms. The number of benzene rings is 1. The van der Waals surface area contributed by atoms with Crippen LogP contribution in [0.15, 0.2) is 24.3 Å². The van der Waals surface area contributed by atoms with Crippen molar-refractivity contribution < 1.29 is 0 Å². The Bertz CT molecular complexity index is 639. The highest BCUT2D eigenvalue weighted by Crippen LogP contribution is 2.38. The Kier molecular flexibility index (Phi) is 3.95. The average Bonchev–Trinajstić information content (AvgIpc) is 2.77. The molecule has 0 aliphatic carbocycles. The number of rotatable bonds is 2. The van der Waals surface area contributed by atoms with E-state index in [0.29, 0.717) is 0 Å². The summed E-state index contributed by atoms with van der Waals surface area (Å²) in [5.41, 5.74) is 10.7. The third kappa shape index (κ3) is 2.56. The molecule has 3 rings (SSSR count). The normalized spacial score (nSPS) is 16.9. The Morgan fingerprint density at radius 2 is 2.15 bits per heavy atom. The molecular formula is C15H16Cl2N2S. The van der Waals surface area contributed by atoms with Crippen LogP contribution < -0.4 is 5.73 Å². The van der Waals surface area contributed by atoms with E-state index in [0.717, 1.165) is 39.4 Å². The molecule has 1 atom stereocenters. The van der Waals surface area contributed by atoms with Crippen LogP contribution in [-0.4, -0.2) is 11.4 Å². The van der Waals surface area contributed by atoms with E-state index in [1.807, 2.05) is 18.2 Å². The molecule has 2 aromatic rings. The second-order valence-electron chi connectivity index (χ2n) is 5.16. The summed E-state index contributed by atoms with van der Waals surface area (Å²) in [4.78, 5) is 2.42. The molecular weight excluding hydrogens is 311 g/mol. The van der Waals surface area contributed by atoms with Gasteiger partial charge in [-0.15, -0.1) is 11.3 Å². The van der Waals surface area contributed by atoms with Gasteiger partial charge in [-0.3, -0.25) is 4.90 Å². The molecule has 5 heteroatoms. The fourth-order valence-electron chi connectivity index (χ4n) is 2.83. The molecule has 0 spiro atoms. The summed E-state index contributed by atoms with van der Waals surface area (Å²) in [7, 11) is 0. The van der Waals surface area contributed by atoms with Crippen molar-refractivity contribution in [3.63, 3.8) is 0 Å². The Hall–Kier alpha value is -0.740. The van der Waals surface area contributed by atoms with Gasteiger partial charge in [0.1, 0.15) is 0 Å². The average molecular weight is 327 g/mol. The Labute approximate surface area is 133 Å². The Morgan fingerprint density at radius 1 is 1.35 bits per heavy atom. The minimum absolute atomic E-state index is 0.265. The van der Waals surface area contributed by atoms with Crippen molar-refractivity contribution in [1.29, 1.82) is 0 Å². The summed E-state index contributed by atoms with van der Waals surface area (Å²) >= 11 is 13.8. The maximum absolute atomic E-state index is 6.27. The first-order chi connectivity index (χ1) is 9.56. The number of nitrogens with zero attached hydrogens (tertiary/aromatic N) is 1. The van der Waals surface area contributed by atoms with E-state index in [2.05, 4.69) is 17.9 Å². The van der Waals surface area contributed by atoms with Crippen molar-refractivity contribution in [2.75, 3.05) is 12.3 Å². The molecule has 1 aromatic carbocycles. The van der Waals surface area contributed by atoms with Gasteiger partial charge in [-0.25, -0.2) is 0 Å². The molecule has 1 aliphatic heterocycles. The molecule has 0 fully saturated rings. The molecule has 1 aromatic heterocycles. The molecule has 0 saturated carbocycles. The number of hydrogen-bond acceptors (Lipinski definition) is 3. The highest BCUT2D eigenvalue weighted by atomic mass is 35.5. The van der Waals surface area contributed by atoms with Crippen LogP contribution in [-0.2, 0) is 13.0 Å². The van der Waals surface area contributed by atoms with Crippen molar-refractivity contribution in [3.8, 4) is 0 Å². The summed E-state index contributed by atoms with van der Waals surface area (Å²) in [6.45, 7) is 4.08. The predicted octanol–water partition coefficient (Wildman–Crippen LogP) is 4.76. The maximum atomic E-state index is 6.27. The molecule has 1 unspecified atom stereocenters. The molecule has 2 heterocycles. The Morgan fingerprint density at radius 3 is 2.85 bits per heavy atom. The van der Waals surface area contributed by atoms with Gasteiger partial charge in [0.05, 0.1) is 8.67 Å². The topological polar surface area (TPSA) is 29.3 Å². The lowest BCUT2D eigenvalue weighted by Gasteiger charge is -2.34. The summed E-state index contributed by atoms with van der Waals surface area (Å²) in [6.07, 6.45) is 0.988. The molecule has 0 radical (unpaired) electrons. The highest BCUT2D eigenvalue weighted by Gasteiger charge is 2.25. The van der Waals surface area contributed by atoms with Gasteiger partial charge in [-0.1, -0.05) is 35.3 Å². The van der Waals surface area contributed by atoms with Crippen LogP contribution >= 0.6 is 34.5 Å². The van der Waals surface area contributed by atoms with E-state index >= 15 is 0 Å². The van der Waals surface area contributed by atoms with Crippen molar-refractivity contribution in [2.45, 2.75) is 25.9 Å². The number of hydrogen-bond donors (Lipinski definition) is 1. The number of thiophene rings is 1. The van der Waals surface area contributed by atoms with Crippen molar-refractivity contribution >= 4 is 40.2 Å². The number of halogens is 2. The zero-order chi connectivity index (χ0) is 14.3.